The first-order valence-electron chi connectivity index (χ1n) is 17.0. The molecule has 4 nitrogen and oxygen atoms in total. The van der Waals surface area contributed by atoms with Crippen molar-refractivity contribution >= 4 is 41.8 Å². The molecular formula is C45H37BN2O2. The van der Waals surface area contributed by atoms with Gasteiger partial charge in [0.2, 0.25) is 0 Å². The first-order valence-corrected chi connectivity index (χ1v) is 17.0. The minimum Gasteiger partial charge on any atom is -0.539 e. The van der Waals surface area contributed by atoms with Crippen LogP contribution in [0.4, 0.5) is 34.1 Å². The summed E-state index contributed by atoms with van der Waals surface area (Å²) in [6.45, 7) is 4.53. The maximum absolute atomic E-state index is 9.40. The van der Waals surface area contributed by atoms with E-state index in [9.17, 15) is 5.02 Å². The molecule has 0 unspecified atom stereocenters. The van der Waals surface area contributed by atoms with Crippen LogP contribution in [0.5, 0.6) is 5.75 Å². The lowest BCUT2D eigenvalue weighted by atomic mass is 9.82. The Labute approximate surface area is 294 Å². The molecule has 7 aromatic rings. The van der Waals surface area contributed by atoms with E-state index in [4.69, 9.17) is 4.65 Å². The molecule has 5 heteroatoms. The first kappa shape index (κ1) is 31.2. The summed E-state index contributed by atoms with van der Waals surface area (Å²) >= 11 is 0. The second-order valence-corrected chi connectivity index (χ2v) is 13.1. The van der Waals surface area contributed by atoms with Gasteiger partial charge in [-0.1, -0.05) is 105 Å². The smallest absolute Gasteiger partial charge is 0.504 e. The van der Waals surface area contributed by atoms with Gasteiger partial charge >= 0.3 is 7.69 Å². The third-order valence-electron chi connectivity index (χ3n) is 9.75. The molecule has 0 aliphatic heterocycles. The van der Waals surface area contributed by atoms with Gasteiger partial charge in [-0.25, -0.2) is 0 Å². The van der Waals surface area contributed by atoms with Crippen LogP contribution in [0.15, 0.2) is 176 Å². The second kappa shape index (κ2) is 13.1. The van der Waals surface area contributed by atoms with E-state index in [0.717, 1.165) is 34.1 Å². The van der Waals surface area contributed by atoms with E-state index in [2.05, 4.69) is 187 Å². The summed E-state index contributed by atoms with van der Waals surface area (Å²) in [6, 6.07) is 62.1. The van der Waals surface area contributed by atoms with Crippen LogP contribution in [0.25, 0.3) is 22.3 Å². The molecule has 0 saturated carbocycles. The van der Waals surface area contributed by atoms with Crippen molar-refractivity contribution in [2.45, 2.75) is 19.3 Å². The fraction of sp³-hybridized carbons (Fsp3) is 0.0667. The average molecular weight is 649 g/mol. The van der Waals surface area contributed by atoms with E-state index in [1.165, 1.54) is 33.4 Å². The third-order valence-corrected chi connectivity index (χ3v) is 9.75. The van der Waals surface area contributed by atoms with Crippen LogP contribution in [0.1, 0.15) is 25.0 Å². The van der Waals surface area contributed by atoms with E-state index in [-0.39, 0.29) is 13.1 Å². The number of para-hydroxylation sites is 2. The highest BCUT2D eigenvalue weighted by Crippen LogP contribution is 2.51. The van der Waals surface area contributed by atoms with E-state index < -0.39 is 0 Å². The first-order chi connectivity index (χ1) is 24.5. The monoisotopic (exact) mass is 648 g/mol. The van der Waals surface area contributed by atoms with Crippen molar-refractivity contribution in [3.8, 4) is 28.0 Å². The molecule has 0 fully saturated rings. The molecule has 0 radical (unpaired) electrons. The summed E-state index contributed by atoms with van der Waals surface area (Å²) in [5, 5.41) is 9.40. The van der Waals surface area contributed by atoms with Crippen molar-refractivity contribution in [1.29, 1.82) is 0 Å². The molecule has 0 bridgehead atoms. The molecule has 242 valence electrons. The predicted molar refractivity (Wildman–Crippen MR) is 209 cm³/mol. The Morgan fingerprint density at radius 3 is 1.38 bits per heavy atom. The summed E-state index contributed by atoms with van der Waals surface area (Å²) in [7, 11) is -0.346. The van der Waals surface area contributed by atoms with Crippen molar-refractivity contribution in [3.63, 3.8) is 0 Å². The Hall–Kier alpha value is -6.04. The van der Waals surface area contributed by atoms with E-state index in [0.29, 0.717) is 5.75 Å². The van der Waals surface area contributed by atoms with Crippen LogP contribution in [-0.4, -0.2) is 12.7 Å². The van der Waals surface area contributed by atoms with Crippen LogP contribution in [0, 0.1) is 0 Å². The van der Waals surface area contributed by atoms with Crippen molar-refractivity contribution in [2.24, 2.45) is 0 Å². The molecule has 0 atom stereocenters. The Morgan fingerprint density at radius 1 is 0.440 bits per heavy atom. The molecule has 0 spiro atoms. The number of hydrogen-bond donors (Lipinski definition) is 1. The SMILES string of the molecule is CC1(C)c2cc(OBO)ccc2-c2ccc(N(c3ccc(-c4ccccc4)cc3)c3ccc(N(c4ccccc4)c4ccccc4)cc3)cc21. The normalized spacial score (nSPS) is 12.5. The maximum atomic E-state index is 9.40. The Balaban J connectivity index is 1.23. The van der Waals surface area contributed by atoms with Crippen molar-refractivity contribution in [2.75, 3.05) is 9.80 Å². The number of rotatable bonds is 9. The number of fused-ring (bicyclic) bond motifs is 3. The van der Waals surface area contributed by atoms with Gasteiger partial charge in [-0.2, -0.15) is 0 Å². The van der Waals surface area contributed by atoms with E-state index in [1.807, 2.05) is 12.1 Å². The molecule has 0 amide bonds. The van der Waals surface area contributed by atoms with Gasteiger partial charge < -0.3 is 19.5 Å². The van der Waals surface area contributed by atoms with Gasteiger partial charge in [0.25, 0.3) is 0 Å². The summed E-state index contributed by atoms with van der Waals surface area (Å²) in [5.41, 5.74) is 13.5. The number of hydrogen-bond acceptors (Lipinski definition) is 4. The minimum absolute atomic E-state index is 0.256. The minimum atomic E-state index is -0.346. The molecule has 0 saturated heterocycles. The lowest BCUT2D eigenvalue weighted by Crippen LogP contribution is -2.17. The number of nitrogens with zero attached hydrogens (tertiary/aromatic N) is 2. The van der Waals surface area contributed by atoms with Crippen LogP contribution >= 0.6 is 0 Å². The highest BCUT2D eigenvalue weighted by atomic mass is 16.5. The molecule has 1 aliphatic rings. The van der Waals surface area contributed by atoms with Crippen molar-refractivity contribution in [1.82, 2.24) is 0 Å². The van der Waals surface area contributed by atoms with Crippen molar-refractivity contribution < 1.29 is 9.68 Å². The molecule has 7 aromatic carbocycles. The van der Waals surface area contributed by atoms with Gasteiger partial charge in [0.05, 0.1) is 0 Å². The third kappa shape index (κ3) is 5.72. The largest absolute Gasteiger partial charge is 0.539 e. The molecule has 8 rings (SSSR count). The lowest BCUT2D eigenvalue weighted by molar-refractivity contribution is 0.453. The van der Waals surface area contributed by atoms with E-state index in [1.54, 1.807) is 0 Å². The molecule has 50 heavy (non-hydrogen) atoms. The van der Waals surface area contributed by atoms with Crippen LogP contribution in [-0.2, 0) is 5.41 Å². The zero-order valence-corrected chi connectivity index (χ0v) is 28.2. The topological polar surface area (TPSA) is 35.9 Å². The molecular weight excluding hydrogens is 611 g/mol. The Morgan fingerprint density at radius 2 is 0.840 bits per heavy atom. The zero-order valence-electron chi connectivity index (χ0n) is 28.2. The summed E-state index contributed by atoms with van der Waals surface area (Å²) in [6.07, 6.45) is 0. The highest BCUT2D eigenvalue weighted by molar-refractivity contribution is 6.17. The average Bonchev–Trinajstić information content (AvgIpc) is 3.39. The standard InChI is InChI=1S/C45H37BN2O2/c1-45(2)43-30-39(26-28-41(43)42-29-27-40(50-46-49)31-44(42)45)48(36-20-18-33(19-21-36)32-12-6-3-7-13-32)38-24-22-37(23-25-38)47(34-14-8-4-9-15-34)35-16-10-5-11-17-35/h3-31,46,49H,1-2H3. The van der Waals surface area contributed by atoms with Gasteiger partial charge in [0, 0.05) is 39.5 Å². The fourth-order valence-corrected chi connectivity index (χ4v) is 7.24. The van der Waals surface area contributed by atoms with Crippen LogP contribution in [0.3, 0.4) is 0 Å². The highest BCUT2D eigenvalue weighted by Gasteiger charge is 2.36. The van der Waals surface area contributed by atoms with Gasteiger partial charge in [0.15, 0.2) is 0 Å². The Bertz CT molecular complexity index is 2200. The van der Waals surface area contributed by atoms with E-state index >= 15 is 0 Å². The Kier molecular flexibility index (Phi) is 8.19. The summed E-state index contributed by atoms with van der Waals surface area (Å²) < 4.78 is 5.47. The molecule has 0 aromatic heterocycles. The van der Waals surface area contributed by atoms with Gasteiger partial charge in [-0.15, -0.1) is 0 Å². The predicted octanol–water partition coefficient (Wildman–Crippen LogP) is 11.2. The molecule has 1 N–H and O–H groups in total. The molecule has 1 aliphatic carbocycles. The summed E-state index contributed by atoms with van der Waals surface area (Å²) in [5.74, 6) is 0.674. The van der Waals surface area contributed by atoms with Crippen molar-refractivity contribution in [3.05, 3.63) is 187 Å². The van der Waals surface area contributed by atoms with Gasteiger partial charge in [-0.3, -0.25) is 0 Å². The zero-order chi connectivity index (χ0) is 34.1. The fourth-order valence-electron chi connectivity index (χ4n) is 7.24. The van der Waals surface area contributed by atoms with Crippen LogP contribution in [0.2, 0.25) is 0 Å². The summed E-state index contributed by atoms with van der Waals surface area (Å²) in [4.78, 5) is 4.63. The van der Waals surface area contributed by atoms with Gasteiger partial charge in [0.1, 0.15) is 5.75 Å². The molecule has 0 heterocycles. The second-order valence-electron chi connectivity index (χ2n) is 13.1. The quantitative estimate of drug-likeness (QED) is 0.158. The number of benzene rings is 7. The number of anilines is 6. The van der Waals surface area contributed by atoms with Crippen LogP contribution < -0.4 is 14.5 Å². The maximum Gasteiger partial charge on any atom is 0.504 e. The van der Waals surface area contributed by atoms with Gasteiger partial charge in [-0.05, 0) is 118 Å². The lowest BCUT2D eigenvalue weighted by Gasteiger charge is -2.29.